The Kier molecular flexibility index (Phi) is 4.70. The highest BCUT2D eigenvalue weighted by Gasteiger charge is 2.10. The summed E-state index contributed by atoms with van der Waals surface area (Å²) in [6.45, 7) is 2.30. The van der Waals surface area contributed by atoms with Crippen LogP contribution in [0.15, 0.2) is 60.9 Å². The van der Waals surface area contributed by atoms with Gasteiger partial charge in [0.05, 0.1) is 12.1 Å². The number of nitrogens with zero attached hydrogens (tertiary/aromatic N) is 2. The zero-order valence-electron chi connectivity index (χ0n) is 13.4. The molecule has 0 bridgehead atoms. The molecule has 0 spiro atoms. The number of aromatic nitrogens is 2. The Labute approximate surface area is 140 Å². The topological polar surface area (TPSA) is 46.9 Å². The van der Waals surface area contributed by atoms with E-state index in [0.29, 0.717) is 12.1 Å². The third kappa shape index (κ3) is 3.51. The summed E-state index contributed by atoms with van der Waals surface area (Å²) in [4.78, 5) is 16.3. The van der Waals surface area contributed by atoms with Crippen LogP contribution in [-0.2, 0) is 17.8 Å². The molecule has 2 aromatic carbocycles. The first-order chi connectivity index (χ1) is 11.6. The van der Waals surface area contributed by atoms with Crippen molar-refractivity contribution in [1.82, 2.24) is 14.9 Å². The van der Waals surface area contributed by atoms with Crippen LogP contribution < -0.4 is 5.32 Å². The highest BCUT2D eigenvalue weighted by molar-refractivity contribution is 5.78. The van der Waals surface area contributed by atoms with E-state index in [1.165, 1.54) is 6.07 Å². The summed E-state index contributed by atoms with van der Waals surface area (Å²) in [6, 6.07) is 14.1. The number of halogens is 1. The van der Waals surface area contributed by atoms with Crippen molar-refractivity contribution in [1.29, 1.82) is 0 Å². The summed E-state index contributed by atoms with van der Waals surface area (Å²) in [5.41, 5.74) is 2.34. The summed E-state index contributed by atoms with van der Waals surface area (Å²) in [5.74, 6) is 0.305. The second-order valence-corrected chi connectivity index (χ2v) is 5.52. The maximum atomic E-state index is 13.6. The van der Waals surface area contributed by atoms with E-state index >= 15 is 0 Å². The SMILES string of the molecule is Cc1nccn1-c1ccccc1CNC(=O)Cc1ccccc1F. The van der Waals surface area contributed by atoms with Gasteiger partial charge in [0.2, 0.25) is 5.91 Å². The molecule has 5 heteroatoms. The van der Waals surface area contributed by atoms with Crippen LogP contribution in [0.1, 0.15) is 17.0 Å². The number of para-hydroxylation sites is 1. The highest BCUT2D eigenvalue weighted by Crippen LogP contribution is 2.16. The van der Waals surface area contributed by atoms with Crippen molar-refractivity contribution in [3.8, 4) is 5.69 Å². The van der Waals surface area contributed by atoms with Gasteiger partial charge < -0.3 is 9.88 Å². The molecule has 3 rings (SSSR count). The van der Waals surface area contributed by atoms with E-state index in [2.05, 4.69) is 10.3 Å². The van der Waals surface area contributed by atoms with Crippen LogP contribution in [0.5, 0.6) is 0 Å². The minimum Gasteiger partial charge on any atom is -0.352 e. The normalized spacial score (nSPS) is 10.6. The number of nitrogens with one attached hydrogen (secondary N) is 1. The van der Waals surface area contributed by atoms with Crippen molar-refractivity contribution in [2.24, 2.45) is 0 Å². The van der Waals surface area contributed by atoms with Crippen molar-refractivity contribution >= 4 is 5.91 Å². The fraction of sp³-hybridized carbons (Fsp3) is 0.158. The van der Waals surface area contributed by atoms with Gasteiger partial charge in [0.1, 0.15) is 11.6 Å². The quantitative estimate of drug-likeness (QED) is 0.784. The average Bonchev–Trinajstić information content (AvgIpc) is 3.01. The molecule has 1 N–H and O–H groups in total. The predicted molar refractivity (Wildman–Crippen MR) is 90.3 cm³/mol. The van der Waals surface area contributed by atoms with E-state index in [4.69, 9.17) is 0 Å². The Hall–Kier alpha value is -2.95. The lowest BCUT2D eigenvalue weighted by atomic mass is 10.1. The summed E-state index contributed by atoms with van der Waals surface area (Å²) < 4.78 is 15.6. The first-order valence-corrected chi connectivity index (χ1v) is 7.73. The van der Waals surface area contributed by atoms with Gasteiger partial charge in [0.15, 0.2) is 0 Å². The molecule has 0 fully saturated rings. The molecule has 0 atom stereocenters. The van der Waals surface area contributed by atoms with Crippen molar-refractivity contribution in [3.63, 3.8) is 0 Å². The van der Waals surface area contributed by atoms with Crippen LogP contribution in [0, 0.1) is 12.7 Å². The standard InChI is InChI=1S/C19H18FN3O/c1-14-21-10-11-23(14)18-9-5-3-7-16(18)13-22-19(24)12-15-6-2-4-8-17(15)20/h2-11H,12-13H2,1H3,(H,22,24). The second kappa shape index (κ2) is 7.08. The largest absolute Gasteiger partial charge is 0.352 e. The molecule has 0 radical (unpaired) electrons. The van der Waals surface area contributed by atoms with Crippen LogP contribution in [0.2, 0.25) is 0 Å². The number of carbonyl (C=O) groups excluding carboxylic acids is 1. The third-order valence-corrected chi connectivity index (χ3v) is 3.86. The van der Waals surface area contributed by atoms with E-state index in [0.717, 1.165) is 17.1 Å². The van der Waals surface area contributed by atoms with Gasteiger partial charge in [-0.25, -0.2) is 9.37 Å². The van der Waals surface area contributed by atoms with Gasteiger partial charge >= 0.3 is 0 Å². The van der Waals surface area contributed by atoms with E-state index < -0.39 is 0 Å². The number of hydrogen-bond acceptors (Lipinski definition) is 2. The minimum absolute atomic E-state index is 0.0267. The summed E-state index contributed by atoms with van der Waals surface area (Å²) >= 11 is 0. The third-order valence-electron chi connectivity index (χ3n) is 3.86. The molecule has 0 aliphatic carbocycles. The van der Waals surface area contributed by atoms with Gasteiger partial charge in [-0.2, -0.15) is 0 Å². The molecule has 0 saturated carbocycles. The van der Waals surface area contributed by atoms with Crippen molar-refractivity contribution in [2.75, 3.05) is 0 Å². The van der Waals surface area contributed by atoms with Gasteiger partial charge in [-0.05, 0) is 30.2 Å². The van der Waals surface area contributed by atoms with Crippen molar-refractivity contribution in [3.05, 3.63) is 83.7 Å². The fourth-order valence-corrected chi connectivity index (χ4v) is 2.60. The maximum Gasteiger partial charge on any atom is 0.224 e. The molecule has 0 aliphatic heterocycles. The molecule has 0 saturated heterocycles. The second-order valence-electron chi connectivity index (χ2n) is 5.52. The molecule has 24 heavy (non-hydrogen) atoms. The fourth-order valence-electron chi connectivity index (χ4n) is 2.60. The zero-order valence-corrected chi connectivity index (χ0v) is 13.4. The smallest absolute Gasteiger partial charge is 0.224 e. The Morgan fingerprint density at radius 3 is 2.54 bits per heavy atom. The lowest BCUT2D eigenvalue weighted by Crippen LogP contribution is -2.25. The lowest BCUT2D eigenvalue weighted by Gasteiger charge is -2.13. The zero-order chi connectivity index (χ0) is 16.9. The van der Waals surface area contributed by atoms with Gasteiger partial charge in [0.25, 0.3) is 0 Å². The Balaban J connectivity index is 1.70. The molecule has 3 aromatic rings. The van der Waals surface area contributed by atoms with Gasteiger partial charge in [-0.1, -0.05) is 36.4 Å². The van der Waals surface area contributed by atoms with Crippen LogP contribution in [0.25, 0.3) is 5.69 Å². The first kappa shape index (κ1) is 15.9. The van der Waals surface area contributed by atoms with E-state index in [9.17, 15) is 9.18 Å². The summed E-state index contributed by atoms with van der Waals surface area (Å²) in [5, 5.41) is 2.86. The van der Waals surface area contributed by atoms with Crippen molar-refractivity contribution in [2.45, 2.75) is 19.9 Å². The number of hydrogen-bond donors (Lipinski definition) is 1. The van der Waals surface area contributed by atoms with Gasteiger partial charge in [0, 0.05) is 18.9 Å². The molecule has 0 aliphatic rings. The van der Waals surface area contributed by atoms with E-state index in [-0.39, 0.29) is 18.1 Å². The Bertz CT molecular complexity index is 857. The van der Waals surface area contributed by atoms with Crippen LogP contribution in [0.4, 0.5) is 4.39 Å². The molecule has 1 heterocycles. The number of rotatable bonds is 5. The van der Waals surface area contributed by atoms with Gasteiger partial charge in [-0.3, -0.25) is 4.79 Å². The van der Waals surface area contributed by atoms with Crippen LogP contribution in [0.3, 0.4) is 0 Å². The Morgan fingerprint density at radius 2 is 1.83 bits per heavy atom. The molecular weight excluding hydrogens is 305 g/mol. The summed E-state index contributed by atoms with van der Waals surface area (Å²) in [6.07, 6.45) is 3.65. The lowest BCUT2D eigenvalue weighted by molar-refractivity contribution is -0.120. The maximum absolute atomic E-state index is 13.6. The number of carbonyl (C=O) groups is 1. The molecule has 0 unspecified atom stereocenters. The van der Waals surface area contributed by atoms with E-state index in [1.54, 1.807) is 24.4 Å². The molecular formula is C19H18FN3O. The van der Waals surface area contributed by atoms with Crippen molar-refractivity contribution < 1.29 is 9.18 Å². The predicted octanol–water partition coefficient (Wildman–Crippen LogP) is 3.18. The average molecular weight is 323 g/mol. The molecule has 1 aromatic heterocycles. The molecule has 4 nitrogen and oxygen atoms in total. The molecule has 1 amide bonds. The molecule has 122 valence electrons. The number of imidazole rings is 1. The minimum atomic E-state index is -0.359. The van der Waals surface area contributed by atoms with Gasteiger partial charge in [-0.15, -0.1) is 0 Å². The first-order valence-electron chi connectivity index (χ1n) is 7.73. The van der Waals surface area contributed by atoms with Crippen LogP contribution in [-0.4, -0.2) is 15.5 Å². The van der Waals surface area contributed by atoms with Crippen LogP contribution >= 0.6 is 0 Å². The number of benzene rings is 2. The Morgan fingerprint density at radius 1 is 1.12 bits per heavy atom. The number of amides is 1. The number of aryl methyl sites for hydroxylation is 1. The monoisotopic (exact) mass is 323 g/mol. The van der Waals surface area contributed by atoms with E-state index in [1.807, 2.05) is 42.0 Å². The highest BCUT2D eigenvalue weighted by atomic mass is 19.1. The summed E-state index contributed by atoms with van der Waals surface area (Å²) in [7, 11) is 0.